The van der Waals surface area contributed by atoms with Gasteiger partial charge in [-0.15, -0.1) is 0 Å². The van der Waals surface area contributed by atoms with Crippen molar-refractivity contribution in [2.45, 2.75) is 44.6 Å². The van der Waals surface area contributed by atoms with Crippen molar-refractivity contribution in [3.63, 3.8) is 0 Å². The Morgan fingerprint density at radius 3 is 1.95 bits per heavy atom. The maximum Gasteiger partial charge on any atom is 0.490 e. The number of aromatic nitrogens is 2. The lowest BCUT2D eigenvalue weighted by Crippen LogP contribution is -2.25. The zero-order chi connectivity index (χ0) is 29.4. The summed E-state index contributed by atoms with van der Waals surface area (Å²) in [5.74, 6) is -3.50. The number of halogens is 6. The van der Waals surface area contributed by atoms with Crippen LogP contribution >= 0.6 is 0 Å². The van der Waals surface area contributed by atoms with Gasteiger partial charge >= 0.3 is 24.3 Å². The number of aliphatic carboxylic acids is 2. The number of hydrogen-bond acceptors (Lipinski definition) is 8. The first-order chi connectivity index (χ1) is 18.1. The van der Waals surface area contributed by atoms with Crippen molar-refractivity contribution >= 4 is 23.7 Å². The monoisotopic (exact) mass is 569 g/mol. The van der Waals surface area contributed by atoms with Crippen LogP contribution in [0.4, 0.5) is 38.1 Å². The minimum Gasteiger partial charge on any atom is -0.475 e. The fraction of sp³-hybridized carbons (Fsp3) is 0.565. The molecule has 2 N–H and O–H groups in total. The highest BCUT2D eigenvalue weighted by atomic mass is 19.4. The van der Waals surface area contributed by atoms with E-state index in [-0.39, 0.29) is 0 Å². The van der Waals surface area contributed by atoms with Gasteiger partial charge < -0.3 is 24.4 Å². The maximum atomic E-state index is 10.6. The van der Waals surface area contributed by atoms with E-state index in [9.17, 15) is 26.3 Å². The molecule has 4 rings (SSSR count). The molecule has 1 fully saturated rings. The number of anilines is 2. The van der Waals surface area contributed by atoms with Crippen molar-refractivity contribution in [3.8, 4) is 0 Å². The number of furan rings is 1. The zero-order valence-electron chi connectivity index (χ0n) is 21.2. The van der Waals surface area contributed by atoms with E-state index < -0.39 is 24.3 Å². The van der Waals surface area contributed by atoms with E-state index in [1.807, 2.05) is 6.26 Å². The minimum atomic E-state index is -5.08. The highest BCUT2D eigenvalue weighted by Gasteiger charge is 2.38. The fourth-order valence-electron chi connectivity index (χ4n) is 3.84. The van der Waals surface area contributed by atoms with Crippen LogP contribution in [0, 0.1) is 0 Å². The van der Waals surface area contributed by atoms with Crippen LogP contribution in [0.1, 0.15) is 29.7 Å². The Balaban J connectivity index is 0.000000317. The smallest absolute Gasteiger partial charge is 0.475 e. The van der Waals surface area contributed by atoms with Gasteiger partial charge in [0, 0.05) is 64.4 Å². The number of carbonyl (C=O) groups is 2. The van der Waals surface area contributed by atoms with Crippen LogP contribution in [-0.2, 0) is 29.0 Å². The summed E-state index contributed by atoms with van der Waals surface area (Å²) in [6, 6.07) is 2.05. The first kappa shape index (κ1) is 31.7. The Hall–Kier alpha value is -3.56. The second kappa shape index (κ2) is 13.5. The Morgan fingerprint density at radius 1 is 0.949 bits per heavy atom. The highest BCUT2D eigenvalue weighted by molar-refractivity contribution is 5.73. The Bertz CT molecular complexity index is 1060. The quantitative estimate of drug-likeness (QED) is 0.528. The lowest BCUT2D eigenvalue weighted by Gasteiger charge is -2.22. The largest absolute Gasteiger partial charge is 0.490 e. The predicted molar refractivity (Wildman–Crippen MR) is 127 cm³/mol. The van der Waals surface area contributed by atoms with Crippen LogP contribution < -0.4 is 9.80 Å². The molecule has 16 heteroatoms. The third-order valence-electron chi connectivity index (χ3n) is 5.69. The number of alkyl halides is 6. The molecule has 218 valence electrons. The molecule has 0 aliphatic carbocycles. The molecule has 0 saturated carbocycles. The average molecular weight is 570 g/mol. The van der Waals surface area contributed by atoms with Gasteiger partial charge in [-0.2, -0.15) is 31.3 Å². The van der Waals surface area contributed by atoms with E-state index in [0.717, 1.165) is 57.3 Å². The number of hydrogen-bond donors (Lipinski definition) is 2. The molecular weight excluding hydrogens is 540 g/mol. The molecule has 4 heterocycles. The lowest BCUT2D eigenvalue weighted by molar-refractivity contribution is -0.193. The Kier molecular flexibility index (Phi) is 10.9. The van der Waals surface area contributed by atoms with E-state index in [4.69, 9.17) is 34.2 Å². The van der Waals surface area contributed by atoms with Gasteiger partial charge in [0.05, 0.1) is 18.2 Å². The summed E-state index contributed by atoms with van der Waals surface area (Å²) in [7, 11) is 4.18. The summed E-state index contributed by atoms with van der Waals surface area (Å²) in [6.07, 6.45) is -2.10. The normalized spacial score (nSPS) is 15.7. The number of nitrogens with zero attached hydrogens (tertiary/aromatic N) is 5. The summed E-state index contributed by atoms with van der Waals surface area (Å²) < 4.78 is 68.7. The van der Waals surface area contributed by atoms with Crippen molar-refractivity contribution in [2.75, 3.05) is 50.1 Å². The molecule has 2 aromatic heterocycles. The van der Waals surface area contributed by atoms with Gasteiger partial charge in [-0.3, -0.25) is 4.90 Å². The first-order valence-electron chi connectivity index (χ1n) is 11.7. The second-order valence-electron chi connectivity index (χ2n) is 8.87. The van der Waals surface area contributed by atoms with Gasteiger partial charge in [0.1, 0.15) is 5.82 Å². The van der Waals surface area contributed by atoms with Crippen LogP contribution in [0.5, 0.6) is 0 Å². The van der Waals surface area contributed by atoms with Crippen LogP contribution in [0.2, 0.25) is 0 Å². The molecule has 1 saturated heterocycles. The van der Waals surface area contributed by atoms with Gasteiger partial charge in [-0.25, -0.2) is 14.6 Å². The summed E-state index contributed by atoms with van der Waals surface area (Å²) in [5.41, 5.74) is 3.79. The topological polar surface area (TPSA) is 123 Å². The molecule has 0 radical (unpaired) electrons. The van der Waals surface area contributed by atoms with Gasteiger partial charge in [0.15, 0.2) is 0 Å². The number of fused-ring (bicyclic) bond motifs is 1. The van der Waals surface area contributed by atoms with Crippen molar-refractivity contribution in [1.29, 1.82) is 0 Å². The summed E-state index contributed by atoms with van der Waals surface area (Å²) >= 11 is 0. The average Bonchev–Trinajstić information content (AvgIpc) is 3.51. The molecular formula is C23H29F6N5O5. The molecule has 39 heavy (non-hydrogen) atoms. The third kappa shape index (κ3) is 9.92. The maximum absolute atomic E-state index is 10.6. The second-order valence-corrected chi connectivity index (χ2v) is 8.87. The standard InChI is InChI=1S/C19H27N5O.2C2HF3O2/c1-22(2)18-16-5-10-23(13-15-7-12-25-14-15)11-6-17(16)20-19(21-18)24-8-3-4-9-24;2*3-2(4,5)1(6)7/h7,12,14H,3-6,8-11,13H2,1-2H3;2*(H,6,7). The number of rotatable bonds is 4. The Labute approximate surface area is 219 Å². The fourth-order valence-corrected chi connectivity index (χ4v) is 3.84. The lowest BCUT2D eigenvalue weighted by atomic mass is 10.1. The SMILES string of the molecule is CN(C)c1nc(N2CCCC2)nc2c1CCN(Cc1ccoc1)CC2.O=C(O)C(F)(F)F.O=C(O)C(F)(F)F. The molecule has 2 aromatic rings. The minimum absolute atomic E-state index is 0.920. The van der Waals surface area contributed by atoms with Crippen LogP contribution in [0.15, 0.2) is 23.0 Å². The van der Waals surface area contributed by atoms with Crippen LogP contribution in [0.3, 0.4) is 0 Å². The number of carboxylic acids is 2. The first-order valence-corrected chi connectivity index (χ1v) is 11.7. The highest BCUT2D eigenvalue weighted by Crippen LogP contribution is 2.28. The van der Waals surface area contributed by atoms with E-state index >= 15 is 0 Å². The van der Waals surface area contributed by atoms with Crippen molar-refractivity contribution in [3.05, 3.63) is 35.4 Å². The van der Waals surface area contributed by atoms with E-state index in [1.165, 1.54) is 29.7 Å². The number of carboxylic acid groups (broad SMARTS) is 2. The Morgan fingerprint density at radius 2 is 1.49 bits per heavy atom. The molecule has 0 unspecified atom stereocenters. The van der Waals surface area contributed by atoms with Crippen LogP contribution in [0.25, 0.3) is 0 Å². The van der Waals surface area contributed by atoms with E-state index in [1.54, 1.807) is 6.26 Å². The van der Waals surface area contributed by atoms with Gasteiger partial charge in [0.25, 0.3) is 0 Å². The predicted octanol–water partition coefficient (Wildman–Crippen LogP) is 3.60. The van der Waals surface area contributed by atoms with Crippen LogP contribution in [-0.4, -0.2) is 89.6 Å². The molecule has 2 aliphatic rings. The summed E-state index contributed by atoms with van der Waals surface area (Å²) in [5, 5.41) is 14.2. The van der Waals surface area contributed by atoms with Gasteiger partial charge in [-0.1, -0.05) is 0 Å². The molecule has 0 spiro atoms. The van der Waals surface area contributed by atoms with E-state index in [2.05, 4.69) is 34.9 Å². The van der Waals surface area contributed by atoms with Crippen molar-refractivity contribution < 1.29 is 50.6 Å². The summed E-state index contributed by atoms with van der Waals surface area (Å²) in [6.45, 7) is 5.16. The van der Waals surface area contributed by atoms with Crippen molar-refractivity contribution in [1.82, 2.24) is 14.9 Å². The van der Waals surface area contributed by atoms with Gasteiger partial charge in [0.2, 0.25) is 5.95 Å². The molecule has 2 aliphatic heterocycles. The molecule has 0 aromatic carbocycles. The molecule has 10 nitrogen and oxygen atoms in total. The molecule has 0 amide bonds. The van der Waals surface area contributed by atoms with Gasteiger partial charge in [-0.05, 0) is 25.3 Å². The van der Waals surface area contributed by atoms with E-state index in [0.29, 0.717) is 0 Å². The zero-order valence-corrected chi connectivity index (χ0v) is 21.2. The molecule has 0 bridgehead atoms. The summed E-state index contributed by atoms with van der Waals surface area (Å²) in [4.78, 5) is 34.6. The third-order valence-corrected chi connectivity index (χ3v) is 5.69. The van der Waals surface area contributed by atoms with Crippen molar-refractivity contribution in [2.24, 2.45) is 0 Å². The molecule has 0 atom stereocenters.